The molecule has 2 N–H and O–H groups in total. The predicted molar refractivity (Wildman–Crippen MR) is 73.9 cm³/mol. The SMILES string of the molecule is CCCOCCC(N)Cc1cc(Cl)ccc1Cl. The van der Waals surface area contributed by atoms with Crippen molar-refractivity contribution >= 4 is 23.2 Å². The van der Waals surface area contributed by atoms with E-state index in [2.05, 4.69) is 6.92 Å². The first-order valence-corrected chi connectivity index (χ1v) is 6.66. The van der Waals surface area contributed by atoms with Gasteiger partial charge in [0.15, 0.2) is 0 Å². The van der Waals surface area contributed by atoms with Gasteiger partial charge in [0.25, 0.3) is 0 Å². The molecule has 0 fully saturated rings. The smallest absolute Gasteiger partial charge is 0.0480 e. The Bertz CT molecular complexity index is 344. The van der Waals surface area contributed by atoms with E-state index in [1.54, 1.807) is 12.1 Å². The average molecular weight is 276 g/mol. The van der Waals surface area contributed by atoms with E-state index in [1.807, 2.05) is 6.07 Å². The second kappa shape index (κ2) is 7.93. The minimum Gasteiger partial charge on any atom is -0.381 e. The van der Waals surface area contributed by atoms with Crippen LogP contribution in [0.3, 0.4) is 0 Å². The van der Waals surface area contributed by atoms with Gasteiger partial charge in [-0.05, 0) is 43.0 Å². The Morgan fingerprint density at radius 3 is 2.76 bits per heavy atom. The van der Waals surface area contributed by atoms with Crippen LogP contribution in [0.15, 0.2) is 18.2 Å². The van der Waals surface area contributed by atoms with E-state index in [-0.39, 0.29) is 6.04 Å². The van der Waals surface area contributed by atoms with E-state index in [9.17, 15) is 0 Å². The van der Waals surface area contributed by atoms with Gasteiger partial charge in [-0.15, -0.1) is 0 Å². The van der Waals surface area contributed by atoms with Crippen molar-refractivity contribution in [1.82, 2.24) is 0 Å². The maximum Gasteiger partial charge on any atom is 0.0480 e. The van der Waals surface area contributed by atoms with E-state index in [1.165, 1.54) is 0 Å². The van der Waals surface area contributed by atoms with E-state index in [4.69, 9.17) is 33.7 Å². The van der Waals surface area contributed by atoms with Crippen LogP contribution in [-0.2, 0) is 11.2 Å². The van der Waals surface area contributed by atoms with Gasteiger partial charge in [0, 0.05) is 29.3 Å². The third-order valence-corrected chi connectivity index (χ3v) is 3.08. The Morgan fingerprint density at radius 1 is 1.29 bits per heavy atom. The molecule has 0 saturated carbocycles. The van der Waals surface area contributed by atoms with Gasteiger partial charge in [0.2, 0.25) is 0 Å². The Hall–Kier alpha value is -0.280. The maximum absolute atomic E-state index is 6.08. The fourth-order valence-electron chi connectivity index (χ4n) is 1.57. The number of nitrogens with two attached hydrogens (primary N) is 1. The summed E-state index contributed by atoms with van der Waals surface area (Å²) in [6.45, 7) is 3.59. The summed E-state index contributed by atoms with van der Waals surface area (Å²) in [7, 11) is 0. The quantitative estimate of drug-likeness (QED) is 0.771. The molecule has 0 amide bonds. The largest absolute Gasteiger partial charge is 0.381 e. The fraction of sp³-hybridized carbons (Fsp3) is 0.538. The standard InChI is InChI=1S/C13H19Cl2NO/c1-2-6-17-7-5-12(16)9-10-8-11(14)3-4-13(10)15/h3-4,8,12H,2,5-7,9,16H2,1H3. The van der Waals surface area contributed by atoms with Crippen LogP contribution in [0.25, 0.3) is 0 Å². The zero-order valence-corrected chi connectivity index (χ0v) is 11.6. The molecular formula is C13H19Cl2NO. The molecule has 4 heteroatoms. The van der Waals surface area contributed by atoms with Gasteiger partial charge in [-0.1, -0.05) is 30.1 Å². The molecule has 17 heavy (non-hydrogen) atoms. The Labute approximate surface area is 113 Å². The minimum atomic E-state index is 0.0582. The number of ether oxygens (including phenoxy) is 1. The second-order valence-corrected chi connectivity index (χ2v) is 4.94. The van der Waals surface area contributed by atoms with Crippen LogP contribution in [-0.4, -0.2) is 19.3 Å². The van der Waals surface area contributed by atoms with Crippen molar-refractivity contribution < 1.29 is 4.74 Å². The third kappa shape index (κ3) is 5.73. The van der Waals surface area contributed by atoms with Crippen LogP contribution in [0, 0.1) is 0 Å². The van der Waals surface area contributed by atoms with Crippen LogP contribution < -0.4 is 5.73 Å². The first kappa shape index (κ1) is 14.8. The molecule has 0 heterocycles. The zero-order chi connectivity index (χ0) is 12.7. The Kier molecular flexibility index (Phi) is 6.90. The van der Waals surface area contributed by atoms with Crippen molar-refractivity contribution in [2.45, 2.75) is 32.2 Å². The van der Waals surface area contributed by atoms with Crippen molar-refractivity contribution in [3.05, 3.63) is 33.8 Å². The van der Waals surface area contributed by atoms with Crippen molar-refractivity contribution in [2.24, 2.45) is 5.73 Å². The van der Waals surface area contributed by atoms with Gasteiger partial charge in [-0.25, -0.2) is 0 Å². The first-order chi connectivity index (χ1) is 8.13. The number of hydrogen-bond acceptors (Lipinski definition) is 2. The lowest BCUT2D eigenvalue weighted by Crippen LogP contribution is -2.24. The number of benzene rings is 1. The molecule has 1 aromatic rings. The molecule has 0 aliphatic heterocycles. The van der Waals surface area contributed by atoms with Crippen LogP contribution in [0.5, 0.6) is 0 Å². The summed E-state index contributed by atoms with van der Waals surface area (Å²) < 4.78 is 5.41. The molecule has 0 aliphatic carbocycles. The molecule has 0 aromatic heterocycles. The molecule has 0 radical (unpaired) electrons. The number of halogens is 2. The molecule has 1 atom stereocenters. The van der Waals surface area contributed by atoms with Crippen LogP contribution in [0.2, 0.25) is 10.0 Å². The topological polar surface area (TPSA) is 35.2 Å². The Morgan fingerprint density at radius 2 is 2.06 bits per heavy atom. The van der Waals surface area contributed by atoms with Gasteiger partial charge in [-0.2, -0.15) is 0 Å². The van der Waals surface area contributed by atoms with E-state index in [0.29, 0.717) is 11.6 Å². The molecule has 2 nitrogen and oxygen atoms in total. The molecule has 0 spiro atoms. The maximum atomic E-state index is 6.08. The highest BCUT2D eigenvalue weighted by Gasteiger charge is 2.08. The Balaban J connectivity index is 2.39. The minimum absolute atomic E-state index is 0.0582. The van der Waals surface area contributed by atoms with Crippen molar-refractivity contribution in [1.29, 1.82) is 0 Å². The summed E-state index contributed by atoms with van der Waals surface area (Å²) in [6.07, 6.45) is 2.60. The van der Waals surface area contributed by atoms with Crippen molar-refractivity contribution in [3.8, 4) is 0 Å². The lowest BCUT2D eigenvalue weighted by molar-refractivity contribution is 0.127. The predicted octanol–water partition coefficient (Wildman–Crippen LogP) is 3.68. The summed E-state index contributed by atoms with van der Waals surface area (Å²) in [5, 5.41) is 1.41. The second-order valence-electron chi connectivity index (χ2n) is 4.10. The summed E-state index contributed by atoms with van der Waals surface area (Å²) in [5.41, 5.74) is 7.03. The third-order valence-electron chi connectivity index (χ3n) is 2.47. The van der Waals surface area contributed by atoms with Crippen molar-refractivity contribution in [3.63, 3.8) is 0 Å². The van der Waals surface area contributed by atoms with E-state index >= 15 is 0 Å². The molecule has 0 saturated heterocycles. The summed E-state index contributed by atoms with van der Waals surface area (Å²) in [6, 6.07) is 5.52. The van der Waals surface area contributed by atoms with Crippen molar-refractivity contribution in [2.75, 3.05) is 13.2 Å². The molecule has 0 aliphatic rings. The first-order valence-electron chi connectivity index (χ1n) is 5.90. The molecule has 1 aromatic carbocycles. The van der Waals surface area contributed by atoms with Gasteiger partial charge in [0.05, 0.1) is 0 Å². The monoisotopic (exact) mass is 275 g/mol. The highest BCUT2D eigenvalue weighted by Crippen LogP contribution is 2.22. The van der Waals surface area contributed by atoms with Gasteiger partial charge in [-0.3, -0.25) is 0 Å². The van der Waals surface area contributed by atoms with Crippen LogP contribution in [0.1, 0.15) is 25.3 Å². The average Bonchev–Trinajstić information content (AvgIpc) is 2.29. The summed E-state index contributed by atoms with van der Waals surface area (Å²) in [5.74, 6) is 0. The highest BCUT2D eigenvalue weighted by molar-refractivity contribution is 6.33. The van der Waals surface area contributed by atoms with Crippen LogP contribution >= 0.6 is 23.2 Å². The molecular weight excluding hydrogens is 257 g/mol. The molecule has 1 unspecified atom stereocenters. The molecule has 0 bridgehead atoms. The number of hydrogen-bond donors (Lipinski definition) is 1. The summed E-state index contributed by atoms with van der Waals surface area (Å²) in [4.78, 5) is 0. The van der Waals surface area contributed by atoms with Gasteiger partial charge >= 0.3 is 0 Å². The number of rotatable bonds is 7. The fourth-order valence-corrected chi connectivity index (χ4v) is 1.95. The van der Waals surface area contributed by atoms with E-state index in [0.717, 1.165) is 36.5 Å². The molecule has 96 valence electrons. The van der Waals surface area contributed by atoms with Crippen LogP contribution in [0.4, 0.5) is 0 Å². The highest BCUT2D eigenvalue weighted by atomic mass is 35.5. The summed E-state index contributed by atoms with van der Waals surface area (Å²) >= 11 is 12.0. The van der Waals surface area contributed by atoms with Gasteiger partial charge < -0.3 is 10.5 Å². The van der Waals surface area contributed by atoms with E-state index < -0.39 is 0 Å². The lowest BCUT2D eigenvalue weighted by Gasteiger charge is -2.13. The molecule has 1 rings (SSSR count). The van der Waals surface area contributed by atoms with Gasteiger partial charge in [0.1, 0.15) is 0 Å². The zero-order valence-electron chi connectivity index (χ0n) is 10.1. The normalized spacial score (nSPS) is 12.7. The lowest BCUT2D eigenvalue weighted by atomic mass is 10.0.